The van der Waals surface area contributed by atoms with Crippen molar-refractivity contribution >= 4 is 5.91 Å². The van der Waals surface area contributed by atoms with Gasteiger partial charge in [-0.3, -0.25) is 4.79 Å². The van der Waals surface area contributed by atoms with Crippen molar-refractivity contribution in [3.05, 3.63) is 71.8 Å². The number of amides is 1. The van der Waals surface area contributed by atoms with Crippen LogP contribution in [0, 0.1) is 0 Å². The molecule has 0 aromatic heterocycles. The molecule has 2 aromatic carbocycles. The quantitative estimate of drug-likeness (QED) is 0.814. The molecule has 2 aliphatic rings. The Morgan fingerprint density at radius 2 is 1.54 bits per heavy atom. The van der Waals surface area contributed by atoms with Crippen molar-refractivity contribution in [1.82, 2.24) is 4.90 Å². The standard InChI is InChI=1S/C22H27N3O/c26-22(20-12-7-13-23-20)25-16-14-24(15-17-25)21(18-8-3-1-4-9-18)19-10-5-2-6-11-19/h1-6,8-11,20-21,23H,7,12-17H2/p+2/t20-/m1/s1. The van der Waals surface area contributed by atoms with Gasteiger partial charge in [0, 0.05) is 24.0 Å². The van der Waals surface area contributed by atoms with Crippen LogP contribution in [0.1, 0.15) is 30.0 Å². The highest BCUT2D eigenvalue weighted by Gasteiger charge is 2.35. The van der Waals surface area contributed by atoms with E-state index in [4.69, 9.17) is 0 Å². The maximum absolute atomic E-state index is 12.7. The summed E-state index contributed by atoms with van der Waals surface area (Å²) >= 11 is 0. The van der Waals surface area contributed by atoms with Crippen LogP contribution in [0.3, 0.4) is 0 Å². The van der Waals surface area contributed by atoms with E-state index < -0.39 is 0 Å². The summed E-state index contributed by atoms with van der Waals surface area (Å²) in [6.07, 6.45) is 2.22. The Morgan fingerprint density at radius 3 is 2.04 bits per heavy atom. The average molecular weight is 351 g/mol. The molecule has 0 spiro atoms. The van der Waals surface area contributed by atoms with E-state index in [9.17, 15) is 4.79 Å². The Labute approximate surface area is 155 Å². The van der Waals surface area contributed by atoms with Gasteiger partial charge in [-0.1, -0.05) is 60.7 Å². The fourth-order valence-electron chi connectivity index (χ4n) is 4.49. The number of hydrogen-bond donors (Lipinski definition) is 2. The van der Waals surface area contributed by atoms with Crippen molar-refractivity contribution in [2.75, 3.05) is 32.7 Å². The Hall–Kier alpha value is -2.17. The van der Waals surface area contributed by atoms with Gasteiger partial charge in [0.05, 0.1) is 32.7 Å². The Morgan fingerprint density at radius 1 is 0.962 bits per heavy atom. The average Bonchev–Trinajstić information content (AvgIpc) is 3.25. The van der Waals surface area contributed by atoms with Gasteiger partial charge in [0.25, 0.3) is 5.91 Å². The number of nitrogens with two attached hydrogens (primary N) is 1. The summed E-state index contributed by atoms with van der Waals surface area (Å²) < 4.78 is 0. The van der Waals surface area contributed by atoms with E-state index in [-0.39, 0.29) is 6.04 Å². The second-order valence-electron chi connectivity index (χ2n) is 7.51. The lowest BCUT2D eigenvalue weighted by Gasteiger charge is -2.37. The molecule has 2 fully saturated rings. The molecule has 2 aromatic rings. The van der Waals surface area contributed by atoms with Crippen LogP contribution in [-0.4, -0.2) is 49.6 Å². The Bertz CT molecular complexity index is 665. The second-order valence-corrected chi connectivity index (χ2v) is 7.51. The van der Waals surface area contributed by atoms with Gasteiger partial charge in [-0.15, -0.1) is 0 Å². The van der Waals surface area contributed by atoms with Gasteiger partial charge >= 0.3 is 0 Å². The predicted octanol–water partition coefficient (Wildman–Crippen LogP) is 0.229. The topological polar surface area (TPSA) is 41.4 Å². The lowest BCUT2D eigenvalue weighted by Crippen LogP contribution is -3.15. The molecular weight excluding hydrogens is 322 g/mol. The van der Waals surface area contributed by atoms with Gasteiger partial charge in [0.15, 0.2) is 6.04 Å². The molecule has 2 aliphatic heterocycles. The van der Waals surface area contributed by atoms with E-state index in [1.165, 1.54) is 17.5 Å². The summed E-state index contributed by atoms with van der Waals surface area (Å²) in [6.45, 7) is 4.86. The van der Waals surface area contributed by atoms with E-state index in [1.54, 1.807) is 4.90 Å². The van der Waals surface area contributed by atoms with Crippen molar-refractivity contribution in [1.29, 1.82) is 0 Å². The molecule has 1 amide bonds. The second kappa shape index (κ2) is 8.02. The fourth-order valence-corrected chi connectivity index (χ4v) is 4.49. The minimum absolute atomic E-state index is 0.176. The molecule has 0 radical (unpaired) electrons. The van der Waals surface area contributed by atoms with E-state index in [0.29, 0.717) is 11.9 Å². The number of rotatable bonds is 4. The van der Waals surface area contributed by atoms with Crippen molar-refractivity contribution in [2.24, 2.45) is 0 Å². The van der Waals surface area contributed by atoms with E-state index >= 15 is 0 Å². The number of piperazine rings is 1. The van der Waals surface area contributed by atoms with Gasteiger partial charge in [-0.25, -0.2) is 0 Å². The first-order valence-electron chi connectivity index (χ1n) is 9.89. The summed E-state index contributed by atoms with van der Waals surface area (Å²) in [5.41, 5.74) is 2.72. The summed E-state index contributed by atoms with van der Waals surface area (Å²) in [5, 5.41) is 2.22. The molecule has 0 aliphatic carbocycles. The lowest BCUT2D eigenvalue weighted by atomic mass is 9.96. The first-order chi connectivity index (χ1) is 12.8. The van der Waals surface area contributed by atoms with Crippen molar-refractivity contribution in [3.63, 3.8) is 0 Å². The molecule has 3 N–H and O–H groups in total. The normalized spacial score (nSPS) is 21.3. The smallest absolute Gasteiger partial charge is 0.281 e. The molecule has 0 saturated carbocycles. The van der Waals surface area contributed by atoms with Gasteiger partial charge in [-0.05, 0) is 0 Å². The van der Waals surface area contributed by atoms with E-state index in [1.807, 2.05) is 0 Å². The molecule has 4 heteroatoms. The molecule has 4 nitrogen and oxygen atoms in total. The third-order valence-corrected chi connectivity index (χ3v) is 5.88. The molecule has 0 bridgehead atoms. The molecule has 0 unspecified atom stereocenters. The Balaban J connectivity index is 1.49. The number of carbonyl (C=O) groups is 1. The van der Waals surface area contributed by atoms with E-state index in [0.717, 1.165) is 39.1 Å². The summed E-state index contributed by atoms with van der Waals surface area (Å²) in [4.78, 5) is 16.4. The Kier molecular flexibility index (Phi) is 5.32. The zero-order valence-corrected chi connectivity index (χ0v) is 15.3. The molecule has 2 saturated heterocycles. The van der Waals surface area contributed by atoms with Crippen LogP contribution in [0.5, 0.6) is 0 Å². The van der Waals surface area contributed by atoms with Crippen LogP contribution in [0.15, 0.2) is 60.7 Å². The highest BCUT2D eigenvalue weighted by Crippen LogP contribution is 2.19. The maximum atomic E-state index is 12.7. The first kappa shape index (κ1) is 17.3. The molecular formula is C22H29N3O+2. The number of nitrogens with one attached hydrogen (secondary N) is 1. The minimum Gasteiger partial charge on any atom is -0.336 e. The largest absolute Gasteiger partial charge is 0.336 e. The zero-order chi connectivity index (χ0) is 17.8. The summed E-state index contributed by atoms with van der Waals surface area (Å²) in [5.74, 6) is 0.359. The zero-order valence-electron chi connectivity index (χ0n) is 15.3. The van der Waals surface area contributed by atoms with Crippen molar-refractivity contribution in [2.45, 2.75) is 24.9 Å². The number of carbonyl (C=O) groups excluding carboxylic acids is 1. The van der Waals surface area contributed by atoms with Crippen LogP contribution in [0.4, 0.5) is 0 Å². The van der Waals surface area contributed by atoms with Crippen LogP contribution in [0.25, 0.3) is 0 Å². The van der Waals surface area contributed by atoms with Crippen LogP contribution in [-0.2, 0) is 4.79 Å². The lowest BCUT2D eigenvalue weighted by molar-refractivity contribution is -0.929. The molecule has 4 rings (SSSR count). The molecule has 2 heterocycles. The van der Waals surface area contributed by atoms with Gasteiger partial charge in [0.1, 0.15) is 6.04 Å². The SMILES string of the molecule is O=C([C@H]1CCC[NH2+]1)N1CC[NH+](C(c2ccccc2)c2ccccc2)CC1. The number of benzene rings is 2. The minimum atomic E-state index is 0.176. The van der Waals surface area contributed by atoms with Crippen LogP contribution >= 0.6 is 0 Å². The monoisotopic (exact) mass is 351 g/mol. The van der Waals surface area contributed by atoms with Crippen molar-refractivity contribution in [3.8, 4) is 0 Å². The molecule has 1 atom stereocenters. The van der Waals surface area contributed by atoms with Gasteiger partial charge in [-0.2, -0.15) is 0 Å². The van der Waals surface area contributed by atoms with Crippen LogP contribution in [0.2, 0.25) is 0 Å². The summed E-state index contributed by atoms with van der Waals surface area (Å²) in [6, 6.07) is 22.1. The fraction of sp³-hybridized carbons (Fsp3) is 0.409. The number of hydrogen-bond acceptors (Lipinski definition) is 1. The summed E-state index contributed by atoms with van der Waals surface area (Å²) in [7, 11) is 0. The van der Waals surface area contributed by atoms with Crippen molar-refractivity contribution < 1.29 is 15.0 Å². The third-order valence-electron chi connectivity index (χ3n) is 5.88. The van der Waals surface area contributed by atoms with Crippen LogP contribution < -0.4 is 10.2 Å². The number of nitrogens with zero attached hydrogens (tertiary/aromatic N) is 1. The van der Waals surface area contributed by atoms with Gasteiger partial charge < -0.3 is 15.1 Å². The van der Waals surface area contributed by atoms with E-state index in [2.05, 4.69) is 70.9 Å². The molecule has 136 valence electrons. The maximum Gasteiger partial charge on any atom is 0.281 e. The highest BCUT2D eigenvalue weighted by molar-refractivity contribution is 5.80. The van der Waals surface area contributed by atoms with Gasteiger partial charge in [0.2, 0.25) is 0 Å². The highest BCUT2D eigenvalue weighted by atomic mass is 16.2. The third kappa shape index (κ3) is 3.67. The molecule has 26 heavy (non-hydrogen) atoms. The first-order valence-corrected chi connectivity index (χ1v) is 9.89. The number of quaternary nitrogens is 2. The predicted molar refractivity (Wildman–Crippen MR) is 102 cm³/mol.